The maximum Gasteiger partial charge on any atom is 0.191 e. The number of nitrogens with zero attached hydrogens (tertiary/aromatic N) is 1. The SMILES string of the molecule is CCNC(=NCC1Cc2ccccc2O1)NCCOCCOC.I. The topological polar surface area (TPSA) is 64.1 Å². The van der Waals surface area contributed by atoms with Gasteiger partial charge in [-0.3, -0.25) is 0 Å². The predicted octanol–water partition coefficient (Wildman–Crippen LogP) is 1.83. The molecule has 0 aromatic heterocycles. The highest BCUT2D eigenvalue weighted by molar-refractivity contribution is 14.0. The van der Waals surface area contributed by atoms with E-state index in [4.69, 9.17) is 14.2 Å². The van der Waals surface area contributed by atoms with Crippen LogP contribution in [0.15, 0.2) is 29.3 Å². The number of nitrogens with one attached hydrogen (secondary N) is 2. The molecule has 136 valence electrons. The number of benzene rings is 1. The number of ether oxygens (including phenoxy) is 3. The summed E-state index contributed by atoms with van der Waals surface area (Å²) >= 11 is 0. The zero-order valence-corrected chi connectivity index (χ0v) is 16.7. The van der Waals surface area contributed by atoms with Crippen LogP contribution in [0.1, 0.15) is 12.5 Å². The Morgan fingerprint density at radius 1 is 1.25 bits per heavy atom. The van der Waals surface area contributed by atoms with Gasteiger partial charge in [-0.2, -0.15) is 0 Å². The van der Waals surface area contributed by atoms with E-state index < -0.39 is 0 Å². The lowest BCUT2D eigenvalue weighted by Crippen LogP contribution is -2.39. The van der Waals surface area contributed by atoms with Gasteiger partial charge in [-0.15, -0.1) is 24.0 Å². The molecule has 0 spiro atoms. The van der Waals surface area contributed by atoms with E-state index in [1.807, 2.05) is 25.1 Å². The Bertz CT molecular complexity index is 475. The summed E-state index contributed by atoms with van der Waals surface area (Å²) in [5.41, 5.74) is 1.26. The predicted molar refractivity (Wildman–Crippen MR) is 107 cm³/mol. The van der Waals surface area contributed by atoms with Crippen molar-refractivity contribution >= 4 is 29.9 Å². The third-order valence-electron chi connectivity index (χ3n) is 3.48. The third-order valence-corrected chi connectivity index (χ3v) is 3.48. The Balaban J connectivity index is 0.00000288. The van der Waals surface area contributed by atoms with Gasteiger partial charge in [0.25, 0.3) is 0 Å². The minimum absolute atomic E-state index is 0. The molecule has 1 aliphatic heterocycles. The van der Waals surface area contributed by atoms with Gasteiger partial charge in [-0.05, 0) is 18.6 Å². The van der Waals surface area contributed by atoms with Gasteiger partial charge in [0.15, 0.2) is 5.96 Å². The summed E-state index contributed by atoms with van der Waals surface area (Å²) in [4.78, 5) is 4.60. The van der Waals surface area contributed by atoms with Crippen LogP contribution in [0, 0.1) is 0 Å². The monoisotopic (exact) mass is 449 g/mol. The molecule has 1 heterocycles. The van der Waals surface area contributed by atoms with E-state index in [2.05, 4.69) is 21.7 Å². The van der Waals surface area contributed by atoms with Crippen LogP contribution in [0.25, 0.3) is 0 Å². The van der Waals surface area contributed by atoms with Crippen molar-refractivity contribution in [2.24, 2.45) is 4.99 Å². The fourth-order valence-corrected chi connectivity index (χ4v) is 2.38. The van der Waals surface area contributed by atoms with Crippen LogP contribution in [-0.4, -0.2) is 58.6 Å². The van der Waals surface area contributed by atoms with Crippen LogP contribution >= 0.6 is 24.0 Å². The maximum absolute atomic E-state index is 5.90. The average molecular weight is 449 g/mol. The van der Waals surface area contributed by atoms with Crippen molar-refractivity contribution in [2.45, 2.75) is 19.4 Å². The second kappa shape index (κ2) is 12.3. The van der Waals surface area contributed by atoms with Gasteiger partial charge in [-0.1, -0.05) is 18.2 Å². The lowest BCUT2D eigenvalue weighted by atomic mass is 10.1. The molecule has 0 saturated heterocycles. The molecule has 24 heavy (non-hydrogen) atoms. The summed E-state index contributed by atoms with van der Waals surface area (Å²) in [5, 5.41) is 6.49. The van der Waals surface area contributed by atoms with Crippen molar-refractivity contribution < 1.29 is 14.2 Å². The van der Waals surface area contributed by atoms with Crippen molar-refractivity contribution in [3.05, 3.63) is 29.8 Å². The van der Waals surface area contributed by atoms with Crippen LogP contribution in [0.5, 0.6) is 5.75 Å². The minimum atomic E-state index is 0. The highest BCUT2D eigenvalue weighted by Crippen LogP contribution is 2.28. The first-order valence-electron chi connectivity index (χ1n) is 8.17. The summed E-state index contributed by atoms with van der Waals surface area (Å²) in [7, 11) is 1.67. The lowest BCUT2D eigenvalue weighted by molar-refractivity contribution is 0.0733. The van der Waals surface area contributed by atoms with Gasteiger partial charge in [-0.25, -0.2) is 4.99 Å². The normalized spacial score (nSPS) is 16.1. The average Bonchev–Trinajstić information content (AvgIpc) is 2.98. The Hall–Kier alpha value is -1.06. The van der Waals surface area contributed by atoms with E-state index in [1.165, 1.54) is 5.56 Å². The number of rotatable bonds is 9. The number of para-hydroxylation sites is 1. The van der Waals surface area contributed by atoms with Crippen LogP contribution in [0.4, 0.5) is 0 Å². The Labute approximate surface area is 161 Å². The van der Waals surface area contributed by atoms with Crippen molar-refractivity contribution in [3.8, 4) is 5.75 Å². The lowest BCUT2D eigenvalue weighted by Gasteiger charge is -2.13. The molecular formula is C17H28IN3O3. The van der Waals surface area contributed by atoms with Crippen LogP contribution in [0.3, 0.4) is 0 Å². The smallest absolute Gasteiger partial charge is 0.191 e. The minimum Gasteiger partial charge on any atom is -0.488 e. The van der Waals surface area contributed by atoms with E-state index in [-0.39, 0.29) is 30.1 Å². The quantitative estimate of drug-likeness (QED) is 0.261. The van der Waals surface area contributed by atoms with Crippen molar-refractivity contribution in [3.63, 3.8) is 0 Å². The molecule has 0 amide bonds. The van der Waals surface area contributed by atoms with Crippen molar-refractivity contribution in [1.82, 2.24) is 10.6 Å². The molecule has 1 aromatic rings. The summed E-state index contributed by atoms with van der Waals surface area (Å²) in [6.45, 7) is 6.07. The molecule has 0 saturated carbocycles. The molecule has 0 bridgehead atoms. The number of guanidine groups is 1. The maximum atomic E-state index is 5.90. The number of fused-ring (bicyclic) bond motifs is 1. The number of hydrogen-bond acceptors (Lipinski definition) is 4. The van der Waals surface area contributed by atoms with E-state index in [9.17, 15) is 0 Å². The van der Waals surface area contributed by atoms with Gasteiger partial charge >= 0.3 is 0 Å². The van der Waals surface area contributed by atoms with Gasteiger partial charge in [0.05, 0.1) is 26.4 Å². The van der Waals surface area contributed by atoms with E-state index in [1.54, 1.807) is 7.11 Å². The molecule has 6 nitrogen and oxygen atoms in total. The summed E-state index contributed by atoms with van der Waals surface area (Å²) in [6, 6.07) is 8.17. The summed E-state index contributed by atoms with van der Waals surface area (Å²) in [6.07, 6.45) is 1.03. The van der Waals surface area contributed by atoms with E-state index >= 15 is 0 Å². The molecule has 1 atom stereocenters. The first kappa shape index (κ1) is 21.0. The third kappa shape index (κ3) is 7.23. The van der Waals surface area contributed by atoms with E-state index in [0.717, 1.165) is 24.7 Å². The molecule has 1 unspecified atom stereocenters. The molecular weight excluding hydrogens is 421 g/mol. The van der Waals surface area contributed by atoms with Crippen LogP contribution in [-0.2, 0) is 15.9 Å². The second-order valence-electron chi connectivity index (χ2n) is 5.30. The fraction of sp³-hybridized carbons (Fsp3) is 0.588. The van der Waals surface area contributed by atoms with E-state index in [0.29, 0.717) is 32.9 Å². The van der Waals surface area contributed by atoms with Gasteiger partial charge < -0.3 is 24.8 Å². The highest BCUT2D eigenvalue weighted by atomic mass is 127. The molecule has 0 radical (unpaired) electrons. The zero-order chi connectivity index (χ0) is 16.3. The highest BCUT2D eigenvalue weighted by Gasteiger charge is 2.21. The Morgan fingerprint density at radius 2 is 2.08 bits per heavy atom. The number of hydrogen-bond donors (Lipinski definition) is 2. The molecule has 1 aromatic carbocycles. The molecule has 7 heteroatoms. The van der Waals surface area contributed by atoms with Crippen molar-refractivity contribution in [1.29, 1.82) is 0 Å². The summed E-state index contributed by atoms with van der Waals surface area (Å²) < 4.78 is 16.3. The molecule has 2 rings (SSSR count). The fourth-order valence-electron chi connectivity index (χ4n) is 2.38. The Kier molecular flexibility index (Phi) is 10.8. The number of methoxy groups -OCH3 is 1. The number of aliphatic imine (C=N–C) groups is 1. The largest absolute Gasteiger partial charge is 0.488 e. The molecule has 0 fully saturated rings. The Morgan fingerprint density at radius 3 is 2.83 bits per heavy atom. The van der Waals surface area contributed by atoms with Gasteiger partial charge in [0, 0.05) is 26.6 Å². The van der Waals surface area contributed by atoms with Gasteiger partial charge in [0.1, 0.15) is 11.9 Å². The summed E-state index contributed by atoms with van der Waals surface area (Å²) in [5.74, 6) is 1.78. The van der Waals surface area contributed by atoms with Gasteiger partial charge in [0.2, 0.25) is 0 Å². The standard InChI is InChI=1S/C17H27N3O3.HI/c1-3-18-17(19-8-9-22-11-10-21-2)20-13-15-12-14-6-4-5-7-16(14)23-15;/h4-7,15H,3,8-13H2,1-2H3,(H2,18,19,20);1H. The van der Waals surface area contributed by atoms with Crippen LogP contribution in [0.2, 0.25) is 0 Å². The molecule has 2 N–H and O–H groups in total. The zero-order valence-electron chi connectivity index (χ0n) is 14.4. The second-order valence-corrected chi connectivity index (χ2v) is 5.30. The molecule has 0 aliphatic carbocycles. The van der Waals surface area contributed by atoms with Crippen LogP contribution < -0.4 is 15.4 Å². The van der Waals surface area contributed by atoms with Crippen molar-refractivity contribution in [2.75, 3.05) is 46.6 Å². The number of halogens is 1. The first-order valence-corrected chi connectivity index (χ1v) is 8.17. The first-order chi connectivity index (χ1) is 11.3. The molecule has 1 aliphatic rings.